The third kappa shape index (κ3) is 2.85. The number of aliphatic carboxylic acids is 1. The molecule has 2 aromatic rings. The van der Waals surface area contributed by atoms with Gasteiger partial charge >= 0.3 is 5.97 Å². The van der Waals surface area contributed by atoms with Crippen LogP contribution in [0.15, 0.2) is 53.0 Å². The number of allylic oxidation sites excluding steroid dienone is 1. The monoisotopic (exact) mass is 422 g/mol. The maximum absolute atomic E-state index is 12.2. The van der Waals surface area contributed by atoms with Gasteiger partial charge in [-0.3, -0.25) is 0 Å². The van der Waals surface area contributed by atoms with E-state index >= 15 is 0 Å². The highest BCUT2D eigenvalue weighted by Gasteiger charge is 2.51. The van der Waals surface area contributed by atoms with Crippen LogP contribution in [0.5, 0.6) is 0 Å². The van der Waals surface area contributed by atoms with Gasteiger partial charge in [-0.15, -0.1) is 0 Å². The lowest BCUT2D eigenvalue weighted by atomic mass is 9.65. The minimum atomic E-state index is -1.02. The quantitative estimate of drug-likeness (QED) is 0.724. The summed E-state index contributed by atoms with van der Waals surface area (Å²) in [5, 5.41) is 22.3. The van der Waals surface area contributed by atoms with Crippen LogP contribution in [0.2, 0.25) is 0 Å². The number of hydrogen-bond acceptors (Lipinski definition) is 3. The number of halogens is 1. The Kier molecular flexibility index (Phi) is 4.32. The lowest BCUT2D eigenvalue weighted by molar-refractivity contribution is -0.143. The van der Waals surface area contributed by atoms with Crippen molar-refractivity contribution in [2.45, 2.75) is 36.6 Å². The molecule has 1 fully saturated rings. The molecule has 2 aromatic carbocycles. The molecule has 0 aliphatic heterocycles. The second kappa shape index (κ2) is 6.54. The number of carboxylic acid groups (broad SMARTS) is 1. The molecular formula is C22H19BrN2O2. The van der Waals surface area contributed by atoms with Crippen LogP contribution in [0.3, 0.4) is 0 Å². The molecule has 0 unspecified atom stereocenters. The fraction of sp³-hybridized carbons (Fsp3) is 0.273. The van der Waals surface area contributed by atoms with Crippen molar-refractivity contribution >= 4 is 33.7 Å². The fourth-order valence-electron chi connectivity index (χ4n) is 4.41. The van der Waals surface area contributed by atoms with Crippen molar-refractivity contribution in [1.82, 2.24) is 0 Å². The molecular weight excluding hydrogens is 404 g/mol. The fourth-order valence-corrected chi connectivity index (χ4v) is 5.27. The summed E-state index contributed by atoms with van der Waals surface area (Å²) in [5.74, 6) is -0.842. The summed E-state index contributed by atoms with van der Waals surface area (Å²) >= 11 is 3.76. The standard InChI is InChI=1S/C22H19BrN2O2/c23-19-13-16-5-1-2-7-18(16)21(19)8-10-22(11-9-21,20(26)27)25-17-6-3-4-15(12-17)14-24/h1-7,12-13,25H,8-11H2,(H,26,27). The van der Waals surface area contributed by atoms with Crippen LogP contribution in [0, 0.1) is 11.3 Å². The first-order valence-electron chi connectivity index (χ1n) is 8.98. The minimum Gasteiger partial charge on any atom is -0.480 e. The molecule has 5 heteroatoms. The molecule has 0 radical (unpaired) electrons. The highest BCUT2D eigenvalue weighted by atomic mass is 79.9. The van der Waals surface area contributed by atoms with E-state index in [1.807, 2.05) is 18.2 Å². The second-order valence-corrected chi connectivity index (χ2v) is 8.22. The van der Waals surface area contributed by atoms with Crippen molar-refractivity contribution in [3.8, 4) is 6.07 Å². The van der Waals surface area contributed by atoms with Gasteiger partial charge in [-0.1, -0.05) is 46.3 Å². The Morgan fingerprint density at radius 3 is 2.56 bits per heavy atom. The van der Waals surface area contributed by atoms with Crippen LogP contribution in [-0.2, 0) is 10.2 Å². The molecule has 0 bridgehead atoms. The number of nitriles is 1. The van der Waals surface area contributed by atoms with E-state index in [4.69, 9.17) is 5.26 Å². The molecule has 2 N–H and O–H groups in total. The van der Waals surface area contributed by atoms with Gasteiger partial charge in [0.25, 0.3) is 0 Å². The topological polar surface area (TPSA) is 73.1 Å². The normalized spacial score (nSPS) is 26.1. The molecule has 1 saturated carbocycles. The number of anilines is 1. The van der Waals surface area contributed by atoms with Crippen LogP contribution < -0.4 is 5.32 Å². The molecule has 0 atom stereocenters. The van der Waals surface area contributed by atoms with Crippen molar-refractivity contribution < 1.29 is 9.90 Å². The molecule has 0 amide bonds. The average Bonchev–Trinajstić information content (AvgIpc) is 2.95. The summed E-state index contributed by atoms with van der Waals surface area (Å²) < 4.78 is 1.14. The maximum atomic E-state index is 12.2. The Hall–Kier alpha value is -2.58. The highest BCUT2D eigenvalue weighted by Crippen LogP contribution is 2.55. The van der Waals surface area contributed by atoms with Crippen molar-refractivity contribution in [2.75, 3.05) is 5.32 Å². The number of fused-ring (bicyclic) bond motifs is 2. The van der Waals surface area contributed by atoms with E-state index in [0.717, 1.165) is 17.3 Å². The van der Waals surface area contributed by atoms with E-state index in [9.17, 15) is 9.90 Å². The van der Waals surface area contributed by atoms with Gasteiger partial charge in [0, 0.05) is 15.6 Å². The summed E-state index contributed by atoms with van der Waals surface area (Å²) in [4.78, 5) is 12.2. The van der Waals surface area contributed by atoms with Gasteiger partial charge in [0.15, 0.2) is 0 Å². The van der Waals surface area contributed by atoms with Gasteiger partial charge in [-0.2, -0.15) is 5.26 Å². The summed E-state index contributed by atoms with van der Waals surface area (Å²) in [6, 6.07) is 17.4. The van der Waals surface area contributed by atoms with Crippen molar-refractivity contribution in [1.29, 1.82) is 5.26 Å². The first-order valence-corrected chi connectivity index (χ1v) is 9.77. The average molecular weight is 423 g/mol. The Morgan fingerprint density at radius 2 is 1.85 bits per heavy atom. The zero-order valence-corrected chi connectivity index (χ0v) is 16.3. The summed E-state index contributed by atoms with van der Waals surface area (Å²) in [5.41, 5.74) is 2.52. The van der Waals surface area contributed by atoms with E-state index in [1.54, 1.807) is 18.2 Å². The van der Waals surface area contributed by atoms with Crippen LogP contribution in [0.1, 0.15) is 42.4 Å². The first-order chi connectivity index (χ1) is 13.0. The van der Waals surface area contributed by atoms with Crippen LogP contribution >= 0.6 is 15.9 Å². The third-order valence-corrected chi connectivity index (χ3v) is 6.95. The summed E-state index contributed by atoms with van der Waals surface area (Å²) in [7, 11) is 0. The number of rotatable bonds is 3. The molecule has 136 valence electrons. The summed E-state index contributed by atoms with van der Waals surface area (Å²) in [6.45, 7) is 0. The second-order valence-electron chi connectivity index (χ2n) is 7.37. The maximum Gasteiger partial charge on any atom is 0.329 e. The highest BCUT2D eigenvalue weighted by molar-refractivity contribution is 9.11. The van der Waals surface area contributed by atoms with Gasteiger partial charge < -0.3 is 10.4 Å². The zero-order valence-electron chi connectivity index (χ0n) is 14.7. The van der Waals surface area contributed by atoms with Gasteiger partial charge in [-0.25, -0.2) is 4.79 Å². The molecule has 4 nitrogen and oxygen atoms in total. The van der Waals surface area contributed by atoms with E-state index in [2.05, 4.69) is 45.5 Å². The Bertz CT molecular complexity index is 982. The number of hydrogen-bond donors (Lipinski definition) is 2. The predicted octanol–water partition coefficient (Wildman–Crippen LogP) is 5.05. The smallest absolute Gasteiger partial charge is 0.329 e. The van der Waals surface area contributed by atoms with E-state index < -0.39 is 11.5 Å². The molecule has 0 saturated heterocycles. The van der Waals surface area contributed by atoms with E-state index in [0.29, 0.717) is 24.1 Å². The van der Waals surface area contributed by atoms with Gasteiger partial charge in [0.05, 0.1) is 11.6 Å². The van der Waals surface area contributed by atoms with E-state index in [-0.39, 0.29) is 5.41 Å². The lowest BCUT2D eigenvalue weighted by Crippen LogP contribution is -2.52. The number of carboxylic acids is 1. The van der Waals surface area contributed by atoms with Crippen molar-refractivity contribution in [3.05, 3.63) is 69.7 Å². The number of nitrogens with one attached hydrogen (secondary N) is 1. The SMILES string of the molecule is N#Cc1cccc(NC2(C(=O)O)CCC3(CC2)C(Br)=Cc2ccccc23)c1. The predicted molar refractivity (Wildman–Crippen MR) is 109 cm³/mol. The molecule has 27 heavy (non-hydrogen) atoms. The number of carbonyl (C=O) groups is 1. The Balaban J connectivity index is 1.63. The van der Waals surface area contributed by atoms with Crippen LogP contribution in [-0.4, -0.2) is 16.6 Å². The minimum absolute atomic E-state index is 0.133. The van der Waals surface area contributed by atoms with Gasteiger partial charge in [0.1, 0.15) is 5.54 Å². The molecule has 1 spiro atoms. The molecule has 0 heterocycles. The first kappa shape index (κ1) is 17.8. The number of benzene rings is 2. The molecule has 2 aliphatic rings. The third-order valence-electron chi connectivity index (χ3n) is 5.96. The Morgan fingerprint density at radius 1 is 1.11 bits per heavy atom. The largest absolute Gasteiger partial charge is 0.480 e. The van der Waals surface area contributed by atoms with Crippen molar-refractivity contribution in [2.24, 2.45) is 0 Å². The Labute approximate surface area is 166 Å². The van der Waals surface area contributed by atoms with Crippen LogP contribution in [0.25, 0.3) is 6.08 Å². The zero-order chi connectivity index (χ0) is 19.1. The van der Waals surface area contributed by atoms with Gasteiger partial charge in [0.2, 0.25) is 0 Å². The summed E-state index contributed by atoms with van der Waals surface area (Å²) in [6.07, 6.45) is 4.68. The molecule has 0 aromatic heterocycles. The van der Waals surface area contributed by atoms with Crippen LogP contribution in [0.4, 0.5) is 5.69 Å². The van der Waals surface area contributed by atoms with Crippen molar-refractivity contribution in [3.63, 3.8) is 0 Å². The molecule has 4 rings (SSSR count). The van der Waals surface area contributed by atoms with Gasteiger partial charge in [-0.05, 0) is 61.1 Å². The number of nitrogens with zero attached hydrogens (tertiary/aromatic N) is 1. The molecule has 2 aliphatic carbocycles. The lowest BCUT2D eigenvalue weighted by Gasteiger charge is -2.44. The van der Waals surface area contributed by atoms with E-state index in [1.165, 1.54) is 11.1 Å².